The SMILES string of the molecule is Cc1nc(NN)c(C)c(N(C)CC(=O)N(C)C)n1. The van der Waals surface area contributed by atoms with E-state index in [1.807, 2.05) is 14.0 Å². The van der Waals surface area contributed by atoms with Gasteiger partial charge in [0.1, 0.15) is 17.5 Å². The largest absolute Gasteiger partial charge is 0.350 e. The van der Waals surface area contributed by atoms with Gasteiger partial charge >= 0.3 is 0 Å². The van der Waals surface area contributed by atoms with Gasteiger partial charge in [-0.2, -0.15) is 0 Å². The number of nitrogens with zero attached hydrogens (tertiary/aromatic N) is 4. The summed E-state index contributed by atoms with van der Waals surface area (Å²) in [7, 11) is 5.26. The lowest BCUT2D eigenvalue weighted by molar-refractivity contribution is -0.127. The highest BCUT2D eigenvalue weighted by molar-refractivity contribution is 5.81. The van der Waals surface area contributed by atoms with E-state index in [4.69, 9.17) is 5.84 Å². The number of carbonyl (C=O) groups excluding carboxylic acids is 1. The van der Waals surface area contributed by atoms with Crippen LogP contribution >= 0.6 is 0 Å². The van der Waals surface area contributed by atoms with Gasteiger partial charge in [-0.1, -0.05) is 0 Å². The van der Waals surface area contributed by atoms with E-state index in [0.29, 0.717) is 17.5 Å². The predicted octanol–water partition coefficient (Wildman–Crippen LogP) is -0.0966. The average molecular weight is 252 g/mol. The van der Waals surface area contributed by atoms with Gasteiger partial charge in [0.25, 0.3) is 0 Å². The van der Waals surface area contributed by atoms with Crippen molar-refractivity contribution in [3.8, 4) is 0 Å². The molecule has 0 aliphatic rings. The van der Waals surface area contributed by atoms with Crippen molar-refractivity contribution in [3.63, 3.8) is 0 Å². The van der Waals surface area contributed by atoms with Crippen molar-refractivity contribution in [1.82, 2.24) is 14.9 Å². The summed E-state index contributed by atoms with van der Waals surface area (Å²) in [6.07, 6.45) is 0. The number of aryl methyl sites for hydroxylation is 1. The summed E-state index contributed by atoms with van der Waals surface area (Å²) >= 11 is 0. The number of nitrogen functional groups attached to an aromatic ring is 1. The van der Waals surface area contributed by atoms with Gasteiger partial charge in [-0.25, -0.2) is 15.8 Å². The zero-order valence-corrected chi connectivity index (χ0v) is 11.5. The summed E-state index contributed by atoms with van der Waals surface area (Å²) in [5, 5.41) is 0. The fourth-order valence-corrected chi connectivity index (χ4v) is 1.55. The van der Waals surface area contributed by atoms with E-state index in [0.717, 1.165) is 5.56 Å². The zero-order chi connectivity index (χ0) is 13.9. The molecule has 7 heteroatoms. The van der Waals surface area contributed by atoms with E-state index in [1.54, 1.807) is 30.8 Å². The summed E-state index contributed by atoms with van der Waals surface area (Å²) in [4.78, 5) is 23.5. The number of nitrogens with one attached hydrogen (secondary N) is 1. The number of aromatic nitrogens is 2. The second kappa shape index (κ2) is 5.63. The van der Waals surface area contributed by atoms with Gasteiger partial charge < -0.3 is 15.2 Å². The van der Waals surface area contributed by atoms with Crippen molar-refractivity contribution in [2.24, 2.45) is 5.84 Å². The number of likely N-dealkylation sites (N-methyl/N-ethyl adjacent to an activating group) is 2. The number of hydrogen-bond acceptors (Lipinski definition) is 6. The highest BCUT2D eigenvalue weighted by Gasteiger charge is 2.15. The first-order valence-electron chi connectivity index (χ1n) is 5.60. The van der Waals surface area contributed by atoms with Crippen LogP contribution in [-0.2, 0) is 4.79 Å². The molecule has 7 nitrogen and oxygen atoms in total. The first-order chi connectivity index (χ1) is 8.36. The minimum Gasteiger partial charge on any atom is -0.350 e. The maximum absolute atomic E-state index is 11.7. The molecule has 1 aromatic rings. The van der Waals surface area contributed by atoms with E-state index >= 15 is 0 Å². The Morgan fingerprint density at radius 3 is 2.39 bits per heavy atom. The van der Waals surface area contributed by atoms with E-state index in [2.05, 4.69) is 15.4 Å². The van der Waals surface area contributed by atoms with Crippen LogP contribution in [0.3, 0.4) is 0 Å². The van der Waals surface area contributed by atoms with Crippen LogP contribution in [0, 0.1) is 13.8 Å². The zero-order valence-electron chi connectivity index (χ0n) is 11.5. The van der Waals surface area contributed by atoms with Gasteiger partial charge in [0.05, 0.1) is 6.54 Å². The van der Waals surface area contributed by atoms with Crippen molar-refractivity contribution >= 4 is 17.5 Å². The van der Waals surface area contributed by atoms with Crippen LogP contribution in [0.2, 0.25) is 0 Å². The molecular weight excluding hydrogens is 232 g/mol. The van der Waals surface area contributed by atoms with Gasteiger partial charge in [0, 0.05) is 26.7 Å². The number of hydrazine groups is 1. The van der Waals surface area contributed by atoms with Gasteiger partial charge in [0.2, 0.25) is 5.91 Å². The number of anilines is 2. The number of amides is 1. The Bertz CT molecular complexity index is 445. The molecule has 1 heterocycles. The van der Waals surface area contributed by atoms with E-state index in [9.17, 15) is 4.79 Å². The molecule has 0 saturated heterocycles. The van der Waals surface area contributed by atoms with Crippen LogP contribution < -0.4 is 16.2 Å². The second-order valence-corrected chi connectivity index (χ2v) is 4.36. The van der Waals surface area contributed by atoms with Gasteiger partial charge in [0.15, 0.2) is 0 Å². The lowest BCUT2D eigenvalue weighted by Crippen LogP contribution is -2.35. The smallest absolute Gasteiger partial charge is 0.241 e. The Morgan fingerprint density at radius 1 is 1.28 bits per heavy atom. The van der Waals surface area contributed by atoms with Crippen molar-refractivity contribution < 1.29 is 4.79 Å². The minimum atomic E-state index is 0.00965. The molecule has 1 rings (SSSR count). The first-order valence-corrected chi connectivity index (χ1v) is 5.60. The minimum absolute atomic E-state index is 0.00965. The van der Waals surface area contributed by atoms with Crippen molar-refractivity contribution in [2.75, 3.05) is 38.0 Å². The summed E-state index contributed by atoms with van der Waals surface area (Å²) in [6.45, 7) is 3.90. The van der Waals surface area contributed by atoms with Crippen LogP contribution in [0.1, 0.15) is 11.4 Å². The summed E-state index contributed by atoms with van der Waals surface area (Å²) in [5.41, 5.74) is 3.35. The molecule has 1 aromatic heterocycles. The summed E-state index contributed by atoms with van der Waals surface area (Å²) in [5.74, 6) is 7.29. The molecule has 100 valence electrons. The third-order valence-corrected chi connectivity index (χ3v) is 2.60. The molecule has 0 atom stereocenters. The lowest BCUT2D eigenvalue weighted by Gasteiger charge is -2.22. The van der Waals surface area contributed by atoms with E-state index in [-0.39, 0.29) is 12.5 Å². The van der Waals surface area contributed by atoms with Crippen molar-refractivity contribution in [3.05, 3.63) is 11.4 Å². The topological polar surface area (TPSA) is 87.4 Å². The predicted molar refractivity (Wildman–Crippen MR) is 71.3 cm³/mol. The maximum Gasteiger partial charge on any atom is 0.241 e. The molecule has 0 aromatic carbocycles. The summed E-state index contributed by atoms with van der Waals surface area (Å²) < 4.78 is 0. The van der Waals surface area contributed by atoms with Gasteiger partial charge in [-0.3, -0.25) is 4.79 Å². The Morgan fingerprint density at radius 2 is 1.89 bits per heavy atom. The second-order valence-electron chi connectivity index (χ2n) is 4.36. The van der Waals surface area contributed by atoms with Crippen LogP contribution in [0.4, 0.5) is 11.6 Å². The average Bonchev–Trinajstić information content (AvgIpc) is 2.31. The van der Waals surface area contributed by atoms with E-state index < -0.39 is 0 Å². The molecule has 0 spiro atoms. The van der Waals surface area contributed by atoms with Crippen LogP contribution in [0.5, 0.6) is 0 Å². The van der Waals surface area contributed by atoms with Crippen LogP contribution in [-0.4, -0.2) is 48.5 Å². The molecule has 0 aliphatic heterocycles. The Balaban J connectivity index is 3.02. The highest BCUT2D eigenvalue weighted by Crippen LogP contribution is 2.21. The number of nitrogens with two attached hydrogens (primary N) is 1. The molecule has 0 aliphatic carbocycles. The number of carbonyl (C=O) groups is 1. The number of hydrogen-bond donors (Lipinski definition) is 2. The highest BCUT2D eigenvalue weighted by atomic mass is 16.2. The molecule has 0 bridgehead atoms. The molecule has 1 amide bonds. The fourth-order valence-electron chi connectivity index (χ4n) is 1.55. The normalized spacial score (nSPS) is 10.1. The third-order valence-electron chi connectivity index (χ3n) is 2.60. The molecule has 0 radical (unpaired) electrons. The first kappa shape index (κ1) is 14.2. The molecule has 0 unspecified atom stereocenters. The molecule has 18 heavy (non-hydrogen) atoms. The lowest BCUT2D eigenvalue weighted by atomic mass is 10.3. The monoisotopic (exact) mass is 252 g/mol. The molecule has 0 saturated carbocycles. The van der Waals surface area contributed by atoms with Crippen molar-refractivity contribution in [2.45, 2.75) is 13.8 Å². The summed E-state index contributed by atoms with van der Waals surface area (Å²) in [6, 6.07) is 0. The van der Waals surface area contributed by atoms with Gasteiger partial charge in [-0.05, 0) is 13.8 Å². The van der Waals surface area contributed by atoms with Crippen LogP contribution in [0.25, 0.3) is 0 Å². The number of rotatable bonds is 4. The Hall–Kier alpha value is -1.89. The molecular formula is C11H20N6O. The quantitative estimate of drug-likeness (QED) is 0.575. The fraction of sp³-hybridized carbons (Fsp3) is 0.545. The molecule has 0 fully saturated rings. The standard InChI is InChI=1S/C11H20N6O/c1-7-10(15-12)13-8(2)14-11(7)17(5)6-9(18)16(3)4/h6,12H2,1-5H3,(H,13,14,15). The van der Waals surface area contributed by atoms with Crippen LogP contribution in [0.15, 0.2) is 0 Å². The Kier molecular flexibility index (Phi) is 4.43. The van der Waals surface area contributed by atoms with Crippen molar-refractivity contribution in [1.29, 1.82) is 0 Å². The van der Waals surface area contributed by atoms with Gasteiger partial charge in [-0.15, -0.1) is 0 Å². The molecule has 3 N–H and O–H groups in total. The maximum atomic E-state index is 11.7. The van der Waals surface area contributed by atoms with E-state index in [1.165, 1.54) is 0 Å². The third kappa shape index (κ3) is 3.07. The Labute approximate surface area is 107 Å².